The first-order chi connectivity index (χ1) is 11.5. The van der Waals surface area contributed by atoms with Gasteiger partial charge in [0.15, 0.2) is 5.96 Å². The Bertz CT molecular complexity index is 508. The molecule has 0 saturated carbocycles. The van der Waals surface area contributed by atoms with Crippen molar-refractivity contribution in [2.75, 3.05) is 27.3 Å². The van der Waals surface area contributed by atoms with E-state index in [1.807, 2.05) is 11.7 Å². The lowest BCUT2D eigenvalue weighted by atomic mass is 10.1. The normalized spacial score (nSPS) is 12.0. The van der Waals surface area contributed by atoms with E-state index >= 15 is 0 Å². The molecule has 0 aromatic carbocycles. The standard InChI is InChI=1S/C18H35N5O/c1-14(2)9-7-8-10-20-18(19-5)21-13-17-15(3)22-23(16(17)4)11-12-24-6/h14H,7-13H2,1-6H3,(H2,19,20,21). The first-order valence-electron chi connectivity index (χ1n) is 8.95. The highest BCUT2D eigenvalue weighted by Gasteiger charge is 2.11. The Balaban J connectivity index is 2.44. The van der Waals surface area contributed by atoms with E-state index in [9.17, 15) is 0 Å². The number of guanidine groups is 1. The summed E-state index contributed by atoms with van der Waals surface area (Å²) in [5.41, 5.74) is 3.47. The van der Waals surface area contributed by atoms with E-state index in [-0.39, 0.29) is 0 Å². The van der Waals surface area contributed by atoms with Crippen LogP contribution >= 0.6 is 0 Å². The summed E-state index contributed by atoms with van der Waals surface area (Å²) in [5, 5.41) is 11.4. The molecule has 0 saturated heterocycles. The van der Waals surface area contributed by atoms with E-state index in [0.29, 0.717) is 6.61 Å². The van der Waals surface area contributed by atoms with Gasteiger partial charge in [0.2, 0.25) is 0 Å². The first kappa shape index (κ1) is 20.5. The fourth-order valence-corrected chi connectivity index (χ4v) is 2.66. The Hall–Kier alpha value is -1.56. The molecule has 0 unspecified atom stereocenters. The summed E-state index contributed by atoms with van der Waals surface area (Å²) in [7, 11) is 3.52. The van der Waals surface area contributed by atoms with Gasteiger partial charge in [0, 0.05) is 38.5 Å². The molecule has 0 radical (unpaired) electrons. The zero-order valence-electron chi connectivity index (χ0n) is 16.3. The lowest BCUT2D eigenvalue weighted by Gasteiger charge is -2.12. The predicted octanol–water partition coefficient (Wildman–Crippen LogP) is 2.64. The van der Waals surface area contributed by atoms with Crippen LogP contribution < -0.4 is 10.6 Å². The van der Waals surface area contributed by atoms with Gasteiger partial charge in [-0.2, -0.15) is 5.10 Å². The van der Waals surface area contributed by atoms with Crippen molar-refractivity contribution in [3.8, 4) is 0 Å². The van der Waals surface area contributed by atoms with E-state index in [1.54, 1.807) is 7.11 Å². The van der Waals surface area contributed by atoms with Crippen LogP contribution in [-0.2, 0) is 17.8 Å². The molecule has 1 aromatic heterocycles. The van der Waals surface area contributed by atoms with E-state index in [0.717, 1.165) is 37.2 Å². The lowest BCUT2D eigenvalue weighted by molar-refractivity contribution is 0.182. The fraction of sp³-hybridized carbons (Fsp3) is 0.778. The molecule has 0 aliphatic rings. The molecule has 6 nitrogen and oxygen atoms in total. The predicted molar refractivity (Wildman–Crippen MR) is 100 cm³/mol. The number of rotatable bonds is 10. The summed E-state index contributed by atoms with van der Waals surface area (Å²) in [5.74, 6) is 1.63. The van der Waals surface area contributed by atoms with Crippen LogP contribution in [0.1, 0.15) is 50.1 Å². The van der Waals surface area contributed by atoms with Gasteiger partial charge in [-0.1, -0.05) is 26.7 Å². The quantitative estimate of drug-likeness (QED) is 0.391. The number of ether oxygens (including phenoxy) is 1. The highest BCUT2D eigenvalue weighted by Crippen LogP contribution is 2.12. The Kier molecular flexibility index (Phi) is 9.45. The first-order valence-corrected chi connectivity index (χ1v) is 8.95. The molecule has 138 valence electrons. The van der Waals surface area contributed by atoms with Crippen LogP contribution in [0.4, 0.5) is 0 Å². The van der Waals surface area contributed by atoms with Gasteiger partial charge >= 0.3 is 0 Å². The number of nitrogens with one attached hydrogen (secondary N) is 2. The summed E-state index contributed by atoms with van der Waals surface area (Å²) in [4.78, 5) is 4.30. The van der Waals surface area contributed by atoms with Gasteiger partial charge in [-0.3, -0.25) is 9.67 Å². The molecular formula is C18H35N5O. The number of nitrogens with zero attached hydrogens (tertiary/aromatic N) is 3. The summed E-state index contributed by atoms with van der Waals surface area (Å²) >= 11 is 0. The third-order valence-corrected chi connectivity index (χ3v) is 4.20. The topological polar surface area (TPSA) is 63.5 Å². The molecule has 0 fully saturated rings. The molecule has 24 heavy (non-hydrogen) atoms. The molecule has 0 atom stereocenters. The van der Waals surface area contributed by atoms with Crippen LogP contribution in [0.2, 0.25) is 0 Å². The largest absolute Gasteiger partial charge is 0.383 e. The van der Waals surface area contributed by atoms with Gasteiger partial charge in [0.1, 0.15) is 0 Å². The van der Waals surface area contributed by atoms with Crippen LogP contribution in [0.15, 0.2) is 4.99 Å². The van der Waals surface area contributed by atoms with Gasteiger partial charge in [0.05, 0.1) is 18.8 Å². The molecule has 6 heteroatoms. The maximum absolute atomic E-state index is 5.14. The van der Waals surface area contributed by atoms with Crippen molar-refractivity contribution < 1.29 is 4.74 Å². The second-order valence-corrected chi connectivity index (χ2v) is 6.61. The lowest BCUT2D eigenvalue weighted by Crippen LogP contribution is -2.37. The molecule has 2 N–H and O–H groups in total. The number of aliphatic imine (C=N–C) groups is 1. The van der Waals surface area contributed by atoms with Gasteiger partial charge in [-0.25, -0.2) is 0 Å². The number of aromatic nitrogens is 2. The molecule has 0 bridgehead atoms. The van der Waals surface area contributed by atoms with Crippen molar-refractivity contribution in [2.45, 2.75) is 60.0 Å². The highest BCUT2D eigenvalue weighted by atomic mass is 16.5. The van der Waals surface area contributed by atoms with Crippen molar-refractivity contribution in [2.24, 2.45) is 10.9 Å². The average molecular weight is 338 g/mol. The second-order valence-electron chi connectivity index (χ2n) is 6.61. The van der Waals surface area contributed by atoms with Crippen LogP contribution in [0.5, 0.6) is 0 Å². The highest BCUT2D eigenvalue weighted by molar-refractivity contribution is 5.79. The molecule has 0 spiro atoms. The van der Waals surface area contributed by atoms with E-state index in [1.165, 1.54) is 30.5 Å². The number of unbranched alkanes of at least 4 members (excludes halogenated alkanes) is 1. The van der Waals surface area contributed by atoms with Crippen LogP contribution in [0.3, 0.4) is 0 Å². The van der Waals surface area contributed by atoms with Crippen LogP contribution in [-0.4, -0.2) is 43.0 Å². The van der Waals surface area contributed by atoms with Crippen molar-refractivity contribution in [3.63, 3.8) is 0 Å². The molecule has 0 aliphatic heterocycles. The molecule has 0 amide bonds. The second kappa shape index (κ2) is 11.1. The van der Waals surface area contributed by atoms with Gasteiger partial charge < -0.3 is 15.4 Å². The van der Waals surface area contributed by atoms with Crippen molar-refractivity contribution >= 4 is 5.96 Å². The maximum atomic E-state index is 5.14. The molecule has 1 heterocycles. The fourth-order valence-electron chi connectivity index (χ4n) is 2.66. The van der Waals surface area contributed by atoms with Crippen LogP contribution in [0, 0.1) is 19.8 Å². The number of methoxy groups -OCH3 is 1. The minimum absolute atomic E-state index is 0.675. The summed E-state index contributed by atoms with van der Waals surface area (Å²) in [6.07, 6.45) is 3.71. The monoisotopic (exact) mass is 337 g/mol. The van der Waals surface area contributed by atoms with Gasteiger partial charge in [-0.15, -0.1) is 0 Å². The molecule has 1 rings (SSSR count). The van der Waals surface area contributed by atoms with Gasteiger partial charge in [0.25, 0.3) is 0 Å². The Labute approximate surface area is 147 Å². The van der Waals surface area contributed by atoms with Crippen molar-refractivity contribution in [3.05, 3.63) is 17.0 Å². The van der Waals surface area contributed by atoms with E-state index in [4.69, 9.17) is 4.74 Å². The van der Waals surface area contributed by atoms with Crippen molar-refractivity contribution in [1.29, 1.82) is 0 Å². The number of aryl methyl sites for hydroxylation is 1. The third-order valence-electron chi connectivity index (χ3n) is 4.20. The smallest absolute Gasteiger partial charge is 0.191 e. The third kappa shape index (κ3) is 6.91. The zero-order valence-corrected chi connectivity index (χ0v) is 16.3. The SMILES string of the molecule is CN=C(NCCCCC(C)C)NCc1c(C)nn(CCOC)c1C. The molecular weight excluding hydrogens is 302 g/mol. The minimum Gasteiger partial charge on any atom is -0.383 e. The summed E-state index contributed by atoms with van der Waals surface area (Å²) in [6.45, 7) is 11.8. The number of hydrogen-bond acceptors (Lipinski definition) is 3. The van der Waals surface area contributed by atoms with Crippen molar-refractivity contribution in [1.82, 2.24) is 20.4 Å². The Morgan fingerprint density at radius 2 is 2.00 bits per heavy atom. The van der Waals surface area contributed by atoms with Crippen LogP contribution in [0.25, 0.3) is 0 Å². The Morgan fingerprint density at radius 3 is 2.62 bits per heavy atom. The summed E-state index contributed by atoms with van der Waals surface area (Å²) in [6, 6.07) is 0. The van der Waals surface area contributed by atoms with Gasteiger partial charge in [-0.05, 0) is 26.2 Å². The maximum Gasteiger partial charge on any atom is 0.191 e. The zero-order chi connectivity index (χ0) is 17.9. The number of hydrogen-bond donors (Lipinski definition) is 2. The minimum atomic E-state index is 0.675. The molecule has 1 aromatic rings. The van der Waals surface area contributed by atoms with E-state index in [2.05, 4.69) is 48.4 Å². The Morgan fingerprint density at radius 1 is 1.25 bits per heavy atom. The molecule has 0 aliphatic carbocycles. The van der Waals surface area contributed by atoms with E-state index < -0.39 is 0 Å². The average Bonchev–Trinajstić information content (AvgIpc) is 2.82. The summed E-state index contributed by atoms with van der Waals surface area (Å²) < 4.78 is 7.15.